The topological polar surface area (TPSA) is 39.1 Å². The lowest BCUT2D eigenvalue weighted by Gasteiger charge is -2.12. The van der Waals surface area contributed by atoms with Gasteiger partial charge in [0, 0.05) is 23.2 Å². The number of aromatic nitrogens is 2. The van der Waals surface area contributed by atoms with Crippen LogP contribution in [-0.2, 0) is 6.54 Å². The fourth-order valence-corrected chi connectivity index (χ4v) is 2.69. The van der Waals surface area contributed by atoms with E-state index >= 15 is 0 Å². The maximum Gasteiger partial charge on any atom is 0.123 e. The molecule has 0 aliphatic carbocycles. The van der Waals surface area contributed by atoms with E-state index in [4.69, 9.17) is 16.3 Å². The van der Waals surface area contributed by atoms with Crippen LogP contribution in [0, 0.1) is 13.8 Å². The van der Waals surface area contributed by atoms with Crippen molar-refractivity contribution in [2.75, 3.05) is 12.4 Å². The van der Waals surface area contributed by atoms with Crippen molar-refractivity contribution in [1.29, 1.82) is 0 Å². The Morgan fingerprint density at radius 1 is 1.33 bits per heavy atom. The summed E-state index contributed by atoms with van der Waals surface area (Å²) in [5.41, 5.74) is 4.25. The Labute approximate surface area is 131 Å². The van der Waals surface area contributed by atoms with Gasteiger partial charge in [-0.25, -0.2) is 0 Å². The second-order valence-corrected chi connectivity index (χ2v) is 5.83. The average Bonchev–Trinajstić information content (AvgIpc) is 2.72. The molecule has 0 bridgehead atoms. The molecule has 0 fully saturated rings. The zero-order valence-corrected chi connectivity index (χ0v) is 14.0. The molecule has 0 radical (unpaired) electrons. The Balaban J connectivity index is 2.23. The number of methoxy groups -OCH3 is 1. The predicted octanol–water partition coefficient (Wildman–Crippen LogP) is 4.35. The first kappa shape index (κ1) is 15.7. The van der Waals surface area contributed by atoms with Crippen molar-refractivity contribution in [2.45, 2.75) is 40.3 Å². The van der Waals surface area contributed by atoms with E-state index in [1.54, 1.807) is 7.11 Å². The minimum Gasteiger partial charge on any atom is -0.496 e. The van der Waals surface area contributed by atoms with Gasteiger partial charge in [-0.2, -0.15) is 5.10 Å². The molecule has 2 aromatic rings. The fraction of sp³-hybridized carbons (Fsp3) is 0.438. The minimum absolute atomic E-state index is 0.347. The van der Waals surface area contributed by atoms with Crippen molar-refractivity contribution in [3.63, 3.8) is 0 Å². The molecule has 1 heterocycles. The van der Waals surface area contributed by atoms with Gasteiger partial charge in [-0.05, 0) is 45.9 Å². The number of rotatable bonds is 5. The summed E-state index contributed by atoms with van der Waals surface area (Å²) < 4.78 is 7.41. The van der Waals surface area contributed by atoms with Gasteiger partial charge in [-0.1, -0.05) is 11.6 Å². The maximum atomic E-state index is 6.06. The molecule has 2 rings (SSSR count). The quantitative estimate of drug-likeness (QED) is 0.892. The minimum atomic E-state index is 0.347. The zero-order chi connectivity index (χ0) is 15.6. The van der Waals surface area contributed by atoms with Crippen LogP contribution >= 0.6 is 11.6 Å². The van der Waals surface area contributed by atoms with Gasteiger partial charge in [0.05, 0.1) is 24.2 Å². The van der Waals surface area contributed by atoms with Crippen molar-refractivity contribution >= 4 is 17.3 Å². The number of hydrogen-bond donors (Lipinski definition) is 1. The van der Waals surface area contributed by atoms with E-state index in [9.17, 15) is 0 Å². The van der Waals surface area contributed by atoms with Crippen molar-refractivity contribution in [3.05, 3.63) is 40.2 Å². The number of anilines is 1. The molecule has 114 valence electrons. The molecule has 0 saturated heterocycles. The normalized spacial score (nSPS) is 11.0. The molecule has 0 atom stereocenters. The SMILES string of the molecule is COc1ccc(Cl)cc1CNc1c(C)nn(C(C)C)c1C. The van der Waals surface area contributed by atoms with Crippen LogP contribution in [0.25, 0.3) is 0 Å². The molecule has 1 N–H and O–H groups in total. The largest absolute Gasteiger partial charge is 0.496 e. The number of ether oxygens (including phenoxy) is 1. The first-order valence-corrected chi connectivity index (χ1v) is 7.43. The van der Waals surface area contributed by atoms with Crippen LogP contribution < -0.4 is 10.1 Å². The Bertz CT molecular complexity index is 635. The Morgan fingerprint density at radius 2 is 2.05 bits per heavy atom. The van der Waals surface area contributed by atoms with Gasteiger partial charge in [0.15, 0.2) is 0 Å². The van der Waals surface area contributed by atoms with Crippen LogP contribution in [-0.4, -0.2) is 16.9 Å². The van der Waals surface area contributed by atoms with Gasteiger partial charge in [0.2, 0.25) is 0 Å². The summed E-state index contributed by atoms with van der Waals surface area (Å²) in [5.74, 6) is 0.832. The van der Waals surface area contributed by atoms with Crippen molar-refractivity contribution in [3.8, 4) is 5.75 Å². The zero-order valence-electron chi connectivity index (χ0n) is 13.2. The molecule has 1 aromatic carbocycles. The third-order valence-electron chi connectivity index (χ3n) is 3.51. The molecule has 21 heavy (non-hydrogen) atoms. The molecule has 0 spiro atoms. The number of benzene rings is 1. The van der Waals surface area contributed by atoms with Crippen LogP contribution in [0.5, 0.6) is 5.75 Å². The van der Waals surface area contributed by atoms with Crippen LogP contribution in [0.4, 0.5) is 5.69 Å². The third kappa shape index (κ3) is 3.32. The Morgan fingerprint density at radius 3 is 2.62 bits per heavy atom. The van der Waals surface area contributed by atoms with E-state index < -0.39 is 0 Å². The van der Waals surface area contributed by atoms with Gasteiger partial charge in [0.1, 0.15) is 5.75 Å². The lowest BCUT2D eigenvalue weighted by atomic mass is 10.2. The van der Waals surface area contributed by atoms with E-state index in [2.05, 4.69) is 31.2 Å². The van der Waals surface area contributed by atoms with E-state index in [1.165, 1.54) is 0 Å². The van der Waals surface area contributed by atoms with Crippen LogP contribution in [0.3, 0.4) is 0 Å². The average molecular weight is 308 g/mol. The summed E-state index contributed by atoms with van der Waals surface area (Å²) >= 11 is 6.06. The van der Waals surface area contributed by atoms with Gasteiger partial charge < -0.3 is 10.1 Å². The molecular formula is C16H22ClN3O. The predicted molar refractivity (Wildman–Crippen MR) is 87.4 cm³/mol. The number of aryl methyl sites for hydroxylation is 1. The highest BCUT2D eigenvalue weighted by Crippen LogP contribution is 2.26. The van der Waals surface area contributed by atoms with E-state index in [-0.39, 0.29) is 0 Å². The monoisotopic (exact) mass is 307 g/mol. The number of nitrogens with one attached hydrogen (secondary N) is 1. The second kappa shape index (κ2) is 6.39. The Hall–Kier alpha value is -1.68. The highest BCUT2D eigenvalue weighted by Gasteiger charge is 2.13. The van der Waals surface area contributed by atoms with E-state index in [0.717, 1.165) is 28.4 Å². The van der Waals surface area contributed by atoms with Gasteiger partial charge >= 0.3 is 0 Å². The van der Waals surface area contributed by atoms with Gasteiger partial charge in [-0.15, -0.1) is 0 Å². The first-order valence-electron chi connectivity index (χ1n) is 7.06. The molecule has 4 nitrogen and oxygen atoms in total. The summed E-state index contributed by atoms with van der Waals surface area (Å²) in [6, 6.07) is 5.98. The standard InChI is InChI=1S/C16H22ClN3O/c1-10(2)20-12(4)16(11(3)19-20)18-9-13-8-14(17)6-7-15(13)21-5/h6-8,10,18H,9H2,1-5H3. The first-order chi connectivity index (χ1) is 9.93. The molecule has 1 aromatic heterocycles. The van der Waals surface area contributed by atoms with Crippen LogP contribution in [0.1, 0.15) is 36.8 Å². The lowest BCUT2D eigenvalue weighted by molar-refractivity contribution is 0.410. The molecule has 0 saturated carbocycles. The van der Waals surface area contributed by atoms with E-state index in [0.29, 0.717) is 17.6 Å². The molecule has 0 unspecified atom stereocenters. The molecule has 0 amide bonds. The van der Waals surface area contributed by atoms with E-state index in [1.807, 2.05) is 29.8 Å². The molecule has 0 aliphatic rings. The molecule has 0 aliphatic heterocycles. The summed E-state index contributed by atoms with van der Waals surface area (Å²) in [7, 11) is 1.67. The lowest BCUT2D eigenvalue weighted by Crippen LogP contribution is -2.06. The second-order valence-electron chi connectivity index (χ2n) is 5.39. The third-order valence-corrected chi connectivity index (χ3v) is 3.75. The molecule has 5 heteroatoms. The summed E-state index contributed by atoms with van der Waals surface area (Å²) in [4.78, 5) is 0. The smallest absolute Gasteiger partial charge is 0.123 e. The van der Waals surface area contributed by atoms with Crippen molar-refractivity contribution in [2.24, 2.45) is 0 Å². The van der Waals surface area contributed by atoms with Crippen molar-refractivity contribution < 1.29 is 4.74 Å². The van der Waals surface area contributed by atoms with Gasteiger partial charge in [0.25, 0.3) is 0 Å². The fourth-order valence-electron chi connectivity index (χ4n) is 2.49. The number of nitrogens with zero attached hydrogens (tertiary/aromatic N) is 2. The molecular weight excluding hydrogens is 286 g/mol. The van der Waals surface area contributed by atoms with Crippen LogP contribution in [0.2, 0.25) is 5.02 Å². The summed E-state index contributed by atoms with van der Waals surface area (Å²) in [5, 5.41) is 8.74. The highest BCUT2D eigenvalue weighted by atomic mass is 35.5. The Kier molecular flexibility index (Phi) is 4.78. The summed E-state index contributed by atoms with van der Waals surface area (Å²) in [6.45, 7) is 9.00. The maximum absolute atomic E-state index is 6.06. The van der Waals surface area contributed by atoms with Crippen LogP contribution in [0.15, 0.2) is 18.2 Å². The van der Waals surface area contributed by atoms with Crippen molar-refractivity contribution in [1.82, 2.24) is 9.78 Å². The highest BCUT2D eigenvalue weighted by molar-refractivity contribution is 6.30. The van der Waals surface area contributed by atoms with Gasteiger partial charge in [-0.3, -0.25) is 4.68 Å². The number of hydrogen-bond acceptors (Lipinski definition) is 3. The number of halogens is 1. The summed E-state index contributed by atoms with van der Waals surface area (Å²) in [6.07, 6.45) is 0.